The van der Waals surface area contributed by atoms with E-state index in [2.05, 4.69) is 0 Å². The molecule has 8 heteroatoms. The van der Waals surface area contributed by atoms with Crippen molar-refractivity contribution in [2.24, 2.45) is 0 Å². The number of carboxylic acids is 1. The van der Waals surface area contributed by atoms with Gasteiger partial charge in [-0.3, -0.25) is 19.4 Å². The van der Waals surface area contributed by atoms with E-state index in [-0.39, 0.29) is 5.56 Å². The second kappa shape index (κ2) is 8.14. The van der Waals surface area contributed by atoms with E-state index in [0.29, 0.717) is 24.3 Å². The number of benzene rings is 2. The summed E-state index contributed by atoms with van der Waals surface area (Å²) in [4.78, 5) is 39.5. The summed E-state index contributed by atoms with van der Waals surface area (Å²) in [7, 11) is 0. The molecular weight excluding hydrogens is 391 g/mol. The Morgan fingerprint density at radius 1 is 1.13 bits per heavy atom. The molecule has 0 radical (unpaired) electrons. The van der Waals surface area contributed by atoms with Crippen LogP contribution in [0.25, 0.3) is 0 Å². The molecule has 1 heterocycles. The fraction of sp³-hybridized carbons (Fsp3) is 0.318. The number of carbonyl (C=O) groups is 3. The van der Waals surface area contributed by atoms with Crippen molar-refractivity contribution in [1.82, 2.24) is 0 Å². The van der Waals surface area contributed by atoms with Crippen LogP contribution >= 0.6 is 0 Å². The zero-order valence-electron chi connectivity index (χ0n) is 17.0. The molecule has 0 bridgehead atoms. The zero-order chi connectivity index (χ0) is 22.1. The monoisotopic (exact) mass is 414 g/mol. The van der Waals surface area contributed by atoms with Gasteiger partial charge in [0.05, 0.1) is 5.69 Å². The molecule has 3 rings (SSSR count). The predicted octanol–water partition coefficient (Wildman–Crippen LogP) is 3.85. The molecule has 2 aromatic rings. The molecule has 1 aliphatic heterocycles. The number of anilines is 2. The van der Waals surface area contributed by atoms with Gasteiger partial charge >= 0.3 is 12.1 Å². The number of ether oxygens (including phenoxy) is 1. The van der Waals surface area contributed by atoms with Gasteiger partial charge in [0.2, 0.25) is 0 Å². The third kappa shape index (κ3) is 4.76. The Morgan fingerprint density at radius 3 is 2.40 bits per heavy atom. The minimum absolute atomic E-state index is 0.155. The lowest BCUT2D eigenvalue weighted by molar-refractivity contribution is -0.135. The van der Waals surface area contributed by atoms with E-state index in [1.54, 1.807) is 39.0 Å². The van der Waals surface area contributed by atoms with Gasteiger partial charge in [0, 0.05) is 17.8 Å². The van der Waals surface area contributed by atoms with Crippen molar-refractivity contribution in [1.29, 1.82) is 0 Å². The highest BCUT2D eigenvalue weighted by Crippen LogP contribution is 2.33. The third-order valence-electron chi connectivity index (χ3n) is 4.52. The summed E-state index contributed by atoms with van der Waals surface area (Å²) in [5.41, 5.74) is 1.28. The SMILES string of the molecule is CC(C)(C)OC(=O)N1CCc2ccc(N(CC(=O)O)C(=O)c3ccc(F)cc3)cc21. The molecule has 158 valence electrons. The van der Waals surface area contributed by atoms with Crippen LogP contribution < -0.4 is 9.80 Å². The Labute approximate surface area is 173 Å². The normalized spacial score (nSPS) is 13.0. The molecule has 0 fully saturated rings. The summed E-state index contributed by atoms with van der Waals surface area (Å²) in [6.45, 7) is 5.16. The predicted molar refractivity (Wildman–Crippen MR) is 109 cm³/mol. The van der Waals surface area contributed by atoms with E-state index < -0.39 is 35.9 Å². The van der Waals surface area contributed by atoms with Gasteiger partial charge in [-0.2, -0.15) is 0 Å². The van der Waals surface area contributed by atoms with E-state index in [9.17, 15) is 23.9 Å². The van der Waals surface area contributed by atoms with Crippen LogP contribution in [0.15, 0.2) is 42.5 Å². The van der Waals surface area contributed by atoms with E-state index in [1.807, 2.05) is 0 Å². The summed E-state index contributed by atoms with van der Waals surface area (Å²) in [6.07, 6.45) is 0.118. The zero-order valence-corrected chi connectivity index (χ0v) is 17.0. The lowest BCUT2D eigenvalue weighted by Crippen LogP contribution is -2.37. The van der Waals surface area contributed by atoms with Crippen LogP contribution in [0.2, 0.25) is 0 Å². The molecule has 2 aromatic carbocycles. The molecule has 30 heavy (non-hydrogen) atoms. The van der Waals surface area contributed by atoms with Crippen molar-refractivity contribution in [3.8, 4) is 0 Å². The summed E-state index contributed by atoms with van der Waals surface area (Å²) in [5.74, 6) is -2.28. The summed E-state index contributed by atoms with van der Waals surface area (Å²) in [6, 6.07) is 9.89. The lowest BCUT2D eigenvalue weighted by Gasteiger charge is -2.26. The summed E-state index contributed by atoms with van der Waals surface area (Å²) < 4.78 is 18.7. The first-order valence-corrected chi connectivity index (χ1v) is 9.48. The van der Waals surface area contributed by atoms with Gasteiger partial charge in [-0.15, -0.1) is 0 Å². The van der Waals surface area contributed by atoms with Crippen molar-refractivity contribution in [3.63, 3.8) is 0 Å². The Balaban J connectivity index is 1.95. The highest BCUT2D eigenvalue weighted by molar-refractivity contribution is 6.08. The minimum Gasteiger partial charge on any atom is -0.480 e. The Hall–Kier alpha value is -3.42. The minimum atomic E-state index is -1.20. The molecule has 0 aliphatic carbocycles. The molecule has 0 spiro atoms. The number of amides is 2. The van der Waals surface area contributed by atoms with Gasteiger partial charge in [0.25, 0.3) is 5.91 Å². The maximum absolute atomic E-state index is 13.2. The van der Waals surface area contributed by atoms with Gasteiger partial charge in [-0.05, 0) is 69.2 Å². The van der Waals surface area contributed by atoms with E-state index in [4.69, 9.17) is 4.74 Å². The van der Waals surface area contributed by atoms with Crippen LogP contribution in [-0.2, 0) is 16.0 Å². The molecule has 0 atom stereocenters. The van der Waals surface area contributed by atoms with E-state index >= 15 is 0 Å². The van der Waals surface area contributed by atoms with Gasteiger partial charge in [0.1, 0.15) is 18.0 Å². The third-order valence-corrected chi connectivity index (χ3v) is 4.52. The molecule has 0 aromatic heterocycles. The lowest BCUT2D eigenvalue weighted by atomic mass is 10.1. The number of carboxylic acid groups (broad SMARTS) is 1. The van der Waals surface area contributed by atoms with E-state index in [1.165, 1.54) is 17.0 Å². The largest absolute Gasteiger partial charge is 0.480 e. The first-order valence-electron chi connectivity index (χ1n) is 9.48. The second-order valence-electron chi connectivity index (χ2n) is 7.99. The van der Waals surface area contributed by atoms with Gasteiger partial charge in [-0.1, -0.05) is 6.07 Å². The second-order valence-corrected chi connectivity index (χ2v) is 7.99. The van der Waals surface area contributed by atoms with Crippen LogP contribution in [0.1, 0.15) is 36.7 Å². The molecule has 1 N–H and O–H groups in total. The van der Waals surface area contributed by atoms with Crippen LogP contribution in [0.3, 0.4) is 0 Å². The molecule has 1 aliphatic rings. The highest BCUT2D eigenvalue weighted by atomic mass is 19.1. The summed E-state index contributed by atoms with van der Waals surface area (Å²) in [5, 5.41) is 9.31. The maximum atomic E-state index is 13.2. The molecule has 0 saturated heterocycles. The first kappa shape index (κ1) is 21.3. The van der Waals surface area contributed by atoms with Crippen LogP contribution in [0.5, 0.6) is 0 Å². The molecule has 0 saturated carbocycles. The Morgan fingerprint density at radius 2 is 1.80 bits per heavy atom. The fourth-order valence-electron chi connectivity index (χ4n) is 3.21. The average molecular weight is 414 g/mol. The van der Waals surface area contributed by atoms with Gasteiger partial charge < -0.3 is 9.84 Å². The Bertz CT molecular complexity index is 982. The molecular formula is C22H23FN2O5. The fourth-order valence-corrected chi connectivity index (χ4v) is 3.21. The van der Waals surface area contributed by atoms with Gasteiger partial charge in [-0.25, -0.2) is 9.18 Å². The summed E-state index contributed by atoms with van der Waals surface area (Å²) >= 11 is 0. The van der Waals surface area contributed by atoms with Crippen molar-refractivity contribution in [2.75, 3.05) is 22.9 Å². The number of halogens is 1. The molecule has 7 nitrogen and oxygen atoms in total. The quantitative estimate of drug-likeness (QED) is 0.821. The van der Waals surface area contributed by atoms with Crippen molar-refractivity contribution >= 4 is 29.3 Å². The highest BCUT2D eigenvalue weighted by Gasteiger charge is 2.30. The smallest absolute Gasteiger partial charge is 0.414 e. The van der Waals surface area contributed by atoms with Gasteiger partial charge in [0.15, 0.2) is 0 Å². The topological polar surface area (TPSA) is 87.2 Å². The van der Waals surface area contributed by atoms with Crippen LogP contribution in [0, 0.1) is 5.82 Å². The maximum Gasteiger partial charge on any atom is 0.414 e. The standard InChI is InChI=1S/C22H23FN2O5/c1-22(2,3)30-21(29)24-11-10-14-6-9-17(12-18(14)24)25(13-19(26)27)20(28)15-4-7-16(23)8-5-15/h4-9,12H,10-11,13H2,1-3H3,(H,26,27). The number of carbonyl (C=O) groups excluding carboxylic acids is 2. The Kier molecular flexibility index (Phi) is 5.78. The average Bonchev–Trinajstić information content (AvgIpc) is 3.08. The number of hydrogen-bond donors (Lipinski definition) is 1. The van der Waals surface area contributed by atoms with Crippen molar-refractivity contribution in [3.05, 3.63) is 59.4 Å². The van der Waals surface area contributed by atoms with E-state index in [0.717, 1.165) is 22.6 Å². The van der Waals surface area contributed by atoms with Crippen LogP contribution in [-0.4, -0.2) is 41.8 Å². The number of rotatable bonds is 4. The van der Waals surface area contributed by atoms with Crippen LogP contribution in [0.4, 0.5) is 20.6 Å². The van der Waals surface area contributed by atoms with Crippen molar-refractivity contribution < 1.29 is 28.6 Å². The number of fused-ring (bicyclic) bond motifs is 1. The molecule has 2 amide bonds. The van der Waals surface area contributed by atoms with Crippen molar-refractivity contribution in [2.45, 2.75) is 32.8 Å². The first-order chi connectivity index (χ1) is 14.0. The number of hydrogen-bond acceptors (Lipinski definition) is 4. The number of aliphatic carboxylic acids is 1. The number of nitrogens with zero attached hydrogens (tertiary/aromatic N) is 2. The molecule has 0 unspecified atom stereocenters.